The molecule has 2 amide bonds. The molecule has 1 aliphatic rings. The van der Waals surface area contributed by atoms with Crippen LogP contribution < -0.4 is 4.74 Å². The number of para-hydroxylation sites is 1. The van der Waals surface area contributed by atoms with E-state index in [4.69, 9.17) is 4.74 Å². The first-order valence-electron chi connectivity index (χ1n) is 9.99. The second-order valence-corrected chi connectivity index (χ2v) is 8.02. The molecule has 0 aliphatic carbocycles. The zero-order chi connectivity index (χ0) is 19.9. The Bertz CT molecular complexity index is 819. The fourth-order valence-electron chi connectivity index (χ4n) is 3.42. The normalized spacial score (nSPS) is 15.9. The Kier molecular flexibility index (Phi) is 7.26. The number of hydrogen-bond donors (Lipinski definition) is 0. The maximum absolute atomic E-state index is 13.1. The Balaban J connectivity index is 1.77. The first-order valence-corrected chi connectivity index (χ1v) is 10.8. The van der Waals surface area contributed by atoms with E-state index in [0.717, 1.165) is 29.3 Å². The number of carbonyl (C=O) groups is 2. The van der Waals surface area contributed by atoms with Crippen LogP contribution in [0.15, 0.2) is 53.0 Å². The summed E-state index contributed by atoms with van der Waals surface area (Å²) in [5.74, 6) is 0.0534. The van der Waals surface area contributed by atoms with Crippen LogP contribution in [-0.4, -0.2) is 16.7 Å². The van der Waals surface area contributed by atoms with Gasteiger partial charge in [0.05, 0.1) is 5.56 Å². The number of rotatable bonds is 8. The van der Waals surface area contributed by atoms with Gasteiger partial charge in [0.15, 0.2) is 0 Å². The van der Waals surface area contributed by atoms with E-state index in [-0.39, 0.29) is 11.8 Å². The Morgan fingerprint density at radius 3 is 2.43 bits per heavy atom. The number of amides is 2. The predicted octanol–water partition coefficient (Wildman–Crippen LogP) is 6.26. The van der Waals surface area contributed by atoms with Crippen LogP contribution in [0.4, 0.5) is 0 Å². The molecule has 2 aromatic carbocycles. The van der Waals surface area contributed by atoms with E-state index < -0.39 is 6.23 Å². The highest BCUT2D eigenvalue weighted by molar-refractivity contribution is 9.10. The third kappa shape index (κ3) is 4.82. The smallest absolute Gasteiger partial charge is 0.267 e. The molecule has 1 heterocycles. The van der Waals surface area contributed by atoms with Gasteiger partial charge in [-0.05, 0) is 30.7 Å². The van der Waals surface area contributed by atoms with Crippen molar-refractivity contribution in [2.75, 3.05) is 0 Å². The molecule has 1 unspecified atom stereocenters. The van der Waals surface area contributed by atoms with Crippen LogP contribution in [0.1, 0.15) is 74.0 Å². The second kappa shape index (κ2) is 9.87. The van der Waals surface area contributed by atoms with Crippen molar-refractivity contribution in [3.63, 3.8) is 0 Å². The Morgan fingerprint density at radius 2 is 1.68 bits per heavy atom. The van der Waals surface area contributed by atoms with Crippen LogP contribution in [0.25, 0.3) is 0 Å². The van der Waals surface area contributed by atoms with Crippen LogP contribution in [-0.2, 0) is 4.79 Å². The van der Waals surface area contributed by atoms with Gasteiger partial charge >= 0.3 is 0 Å². The van der Waals surface area contributed by atoms with Gasteiger partial charge in [0.2, 0.25) is 12.1 Å². The lowest BCUT2D eigenvalue weighted by Gasteiger charge is -2.35. The highest BCUT2D eigenvalue weighted by Crippen LogP contribution is 2.36. The molecule has 0 radical (unpaired) electrons. The summed E-state index contributed by atoms with van der Waals surface area (Å²) in [6.07, 6.45) is 6.19. The van der Waals surface area contributed by atoms with Crippen LogP contribution >= 0.6 is 15.9 Å². The lowest BCUT2D eigenvalue weighted by molar-refractivity contribution is -0.136. The summed E-state index contributed by atoms with van der Waals surface area (Å²) in [6, 6.07) is 14.6. The number of carbonyl (C=O) groups excluding carboxylic acids is 2. The van der Waals surface area contributed by atoms with Crippen molar-refractivity contribution in [1.29, 1.82) is 0 Å². The molecular weight excluding hydrogens is 418 g/mol. The van der Waals surface area contributed by atoms with Crippen molar-refractivity contribution in [3.8, 4) is 5.75 Å². The fraction of sp³-hybridized carbons (Fsp3) is 0.391. The monoisotopic (exact) mass is 443 g/mol. The van der Waals surface area contributed by atoms with Crippen molar-refractivity contribution in [2.24, 2.45) is 0 Å². The predicted molar refractivity (Wildman–Crippen MR) is 113 cm³/mol. The minimum Gasteiger partial charge on any atom is -0.465 e. The summed E-state index contributed by atoms with van der Waals surface area (Å²) in [6.45, 7) is 2.19. The van der Waals surface area contributed by atoms with E-state index in [2.05, 4.69) is 22.9 Å². The van der Waals surface area contributed by atoms with Gasteiger partial charge in [-0.1, -0.05) is 79.2 Å². The molecule has 0 N–H and O–H groups in total. The van der Waals surface area contributed by atoms with Gasteiger partial charge in [-0.3, -0.25) is 9.59 Å². The van der Waals surface area contributed by atoms with Gasteiger partial charge in [0, 0.05) is 16.5 Å². The maximum atomic E-state index is 13.1. The van der Waals surface area contributed by atoms with E-state index in [1.54, 1.807) is 18.2 Å². The zero-order valence-electron chi connectivity index (χ0n) is 16.2. The number of nitrogens with zero attached hydrogens (tertiary/aromatic N) is 1. The van der Waals surface area contributed by atoms with Gasteiger partial charge in [0.1, 0.15) is 5.75 Å². The molecule has 148 valence electrons. The van der Waals surface area contributed by atoms with E-state index in [1.807, 2.05) is 30.3 Å². The number of imide groups is 1. The van der Waals surface area contributed by atoms with Gasteiger partial charge in [-0.15, -0.1) is 0 Å². The van der Waals surface area contributed by atoms with E-state index in [9.17, 15) is 9.59 Å². The summed E-state index contributed by atoms with van der Waals surface area (Å²) >= 11 is 3.42. The molecule has 0 fully saturated rings. The number of hydrogen-bond acceptors (Lipinski definition) is 3. The Morgan fingerprint density at radius 1 is 1.00 bits per heavy atom. The second-order valence-electron chi connectivity index (χ2n) is 7.10. The Hall–Kier alpha value is -2.14. The molecule has 0 bridgehead atoms. The van der Waals surface area contributed by atoms with Crippen molar-refractivity contribution in [2.45, 2.75) is 58.1 Å². The number of benzene rings is 2. The molecule has 0 saturated heterocycles. The minimum atomic E-state index is -0.733. The van der Waals surface area contributed by atoms with Crippen LogP contribution in [0.5, 0.6) is 5.75 Å². The van der Waals surface area contributed by atoms with Gasteiger partial charge in [-0.25, -0.2) is 4.90 Å². The van der Waals surface area contributed by atoms with Gasteiger partial charge in [0.25, 0.3) is 5.91 Å². The first kappa shape index (κ1) is 20.6. The largest absolute Gasteiger partial charge is 0.465 e. The average Bonchev–Trinajstić information content (AvgIpc) is 2.71. The van der Waals surface area contributed by atoms with Crippen molar-refractivity contribution in [3.05, 3.63) is 64.1 Å². The Labute approximate surface area is 175 Å². The van der Waals surface area contributed by atoms with Crippen LogP contribution in [0.3, 0.4) is 0 Å². The van der Waals surface area contributed by atoms with Crippen molar-refractivity contribution < 1.29 is 14.3 Å². The third-order valence-corrected chi connectivity index (χ3v) is 5.51. The van der Waals surface area contributed by atoms with Gasteiger partial charge < -0.3 is 4.74 Å². The van der Waals surface area contributed by atoms with E-state index in [0.29, 0.717) is 17.7 Å². The SMILES string of the molecule is CCCCCCCCC(=O)N1C(=O)c2ccccc2OC1c1ccc(Br)cc1. The van der Waals surface area contributed by atoms with Gasteiger partial charge in [-0.2, -0.15) is 0 Å². The van der Waals surface area contributed by atoms with E-state index >= 15 is 0 Å². The summed E-state index contributed by atoms with van der Waals surface area (Å²) in [7, 11) is 0. The van der Waals surface area contributed by atoms with Crippen molar-refractivity contribution in [1.82, 2.24) is 4.90 Å². The molecule has 28 heavy (non-hydrogen) atoms. The number of halogens is 1. The van der Waals surface area contributed by atoms with Crippen LogP contribution in [0.2, 0.25) is 0 Å². The molecule has 1 atom stereocenters. The molecule has 2 aromatic rings. The maximum Gasteiger partial charge on any atom is 0.267 e. The molecular formula is C23H26BrNO3. The molecule has 5 heteroatoms. The summed E-state index contributed by atoms with van der Waals surface area (Å²) in [5.41, 5.74) is 1.22. The van der Waals surface area contributed by atoms with Crippen LogP contribution in [0, 0.1) is 0 Å². The average molecular weight is 444 g/mol. The molecule has 0 spiro atoms. The quantitative estimate of drug-likeness (QED) is 0.452. The summed E-state index contributed by atoms with van der Waals surface area (Å²) in [4.78, 5) is 27.4. The fourth-order valence-corrected chi connectivity index (χ4v) is 3.69. The van der Waals surface area contributed by atoms with Crippen molar-refractivity contribution >= 4 is 27.7 Å². The zero-order valence-corrected chi connectivity index (χ0v) is 17.8. The third-order valence-electron chi connectivity index (χ3n) is 4.98. The molecule has 1 aliphatic heterocycles. The topological polar surface area (TPSA) is 46.6 Å². The number of fused-ring (bicyclic) bond motifs is 1. The molecule has 0 aromatic heterocycles. The molecule has 4 nitrogen and oxygen atoms in total. The number of ether oxygens (including phenoxy) is 1. The summed E-state index contributed by atoms with van der Waals surface area (Å²) < 4.78 is 7.02. The molecule has 3 rings (SSSR count). The highest BCUT2D eigenvalue weighted by Gasteiger charge is 2.38. The highest BCUT2D eigenvalue weighted by atomic mass is 79.9. The standard InChI is InChI=1S/C23H26BrNO3/c1-2-3-4-5-6-7-12-21(26)25-22(27)19-10-8-9-11-20(19)28-23(25)17-13-15-18(24)16-14-17/h8-11,13-16,23H,2-7,12H2,1H3. The molecule has 0 saturated carbocycles. The summed E-state index contributed by atoms with van der Waals surface area (Å²) in [5, 5.41) is 0. The van der Waals surface area contributed by atoms with E-state index in [1.165, 1.54) is 24.2 Å². The lowest BCUT2D eigenvalue weighted by Crippen LogP contribution is -2.45. The minimum absolute atomic E-state index is 0.178. The first-order chi connectivity index (χ1) is 13.6. The lowest BCUT2D eigenvalue weighted by atomic mass is 10.1. The number of unbranched alkanes of at least 4 members (excludes halogenated alkanes) is 5.